The van der Waals surface area contributed by atoms with Crippen molar-refractivity contribution in [3.05, 3.63) is 234 Å². The van der Waals surface area contributed by atoms with Crippen LogP contribution >= 0.6 is 11.3 Å². The Hall–Kier alpha value is -7.00. The molecule has 1 aromatic heterocycles. The van der Waals surface area contributed by atoms with Crippen LogP contribution in [0.1, 0.15) is 47.2 Å². The number of nitrogens with zero attached hydrogens (tertiary/aromatic N) is 1. The lowest BCUT2D eigenvalue weighted by Gasteiger charge is -2.32. The van der Waals surface area contributed by atoms with E-state index in [0.29, 0.717) is 0 Å². The number of fused-ring (bicyclic) bond motifs is 16. The van der Waals surface area contributed by atoms with Crippen molar-refractivity contribution >= 4 is 48.6 Å². The maximum absolute atomic E-state index is 2.56. The van der Waals surface area contributed by atoms with Crippen LogP contribution in [0.25, 0.3) is 64.7 Å². The third kappa shape index (κ3) is 4.36. The lowest BCUT2D eigenvalue weighted by atomic mass is 9.70. The molecule has 0 atom stereocenters. The number of rotatable bonds is 4. The molecular formula is C58H39NS. The Bertz CT molecular complexity index is 3360. The van der Waals surface area contributed by atoms with E-state index >= 15 is 0 Å². The maximum Gasteiger partial charge on any atom is 0.0726 e. The molecule has 3 aliphatic rings. The second-order valence-corrected chi connectivity index (χ2v) is 18.2. The number of hydrogen-bond acceptors (Lipinski definition) is 2. The van der Waals surface area contributed by atoms with Gasteiger partial charge >= 0.3 is 0 Å². The molecule has 1 spiro atoms. The van der Waals surface area contributed by atoms with Gasteiger partial charge in [-0.25, -0.2) is 0 Å². The Morgan fingerprint density at radius 1 is 0.383 bits per heavy atom. The van der Waals surface area contributed by atoms with E-state index in [1.54, 1.807) is 0 Å². The maximum atomic E-state index is 2.56. The van der Waals surface area contributed by atoms with Crippen LogP contribution in [0, 0.1) is 0 Å². The molecule has 1 heterocycles. The monoisotopic (exact) mass is 781 g/mol. The predicted octanol–water partition coefficient (Wildman–Crippen LogP) is 15.8. The van der Waals surface area contributed by atoms with Gasteiger partial charge in [-0.05, 0) is 120 Å². The minimum atomic E-state index is -0.437. The first kappa shape index (κ1) is 33.9. The van der Waals surface area contributed by atoms with E-state index < -0.39 is 5.41 Å². The van der Waals surface area contributed by atoms with Crippen LogP contribution in [-0.4, -0.2) is 0 Å². The van der Waals surface area contributed by atoms with Crippen molar-refractivity contribution < 1.29 is 0 Å². The number of hydrogen-bond donors (Lipinski definition) is 0. The van der Waals surface area contributed by atoms with Crippen LogP contribution in [0.5, 0.6) is 0 Å². The summed E-state index contributed by atoms with van der Waals surface area (Å²) in [5.41, 5.74) is 21.5. The fourth-order valence-electron chi connectivity index (χ4n) is 11.4. The molecule has 0 aliphatic heterocycles. The number of thiophene rings is 1. The minimum absolute atomic E-state index is 0.141. The van der Waals surface area contributed by atoms with Crippen molar-refractivity contribution in [2.24, 2.45) is 0 Å². The van der Waals surface area contributed by atoms with E-state index in [0.717, 1.165) is 11.4 Å². The molecule has 0 bridgehead atoms. The van der Waals surface area contributed by atoms with E-state index in [9.17, 15) is 0 Å². The van der Waals surface area contributed by atoms with E-state index in [1.807, 2.05) is 11.3 Å². The minimum Gasteiger partial charge on any atom is -0.310 e. The highest BCUT2D eigenvalue weighted by molar-refractivity contribution is 7.26. The molecule has 0 amide bonds. The molecule has 0 unspecified atom stereocenters. The Balaban J connectivity index is 1.11. The molecule has 2 heteroatoms. The van der Waals surface area contributed by atoms with E-state index in [1.165, 1.54) is 104 Å². The van der Waals surface area contributed by atoms with Gasteiger partial charge in [-0.2, -0.15) is 0 Å². The molecule has 10 aromatic rings. The average Bonchev–Trinajstić information content (AvgIpc) is 3.99. The lowest BCUT2D eigenvalue weighted by molar-refractivity contribution is 0.660. The predicted molar refractivity (Wildman–Crippen MR) is 253 cm³/mol. The first-order chi connectivity index (χ1) is 29.5. The van der Waals surface area contributed by atoms with Crippen molar-refractivity contribution in [2.45, 2.75) is 24.7 Å². The molecule has 60 heavy (non-hydrogen) atoms. The molecule has 0 saturated heterocycles. The molecule has 0 fully saturated rings. The van der Waals surface area contributed by atoms with Crippen molar-refractivity contribution in [1.82, 2.24) is 0 Å². The number of benzene rings is 9. The summed E-state index contributed by atoms with van der Waals surface area (Å²) in [6, 6.07) is 75.4. The lowest BCUT2D eigenvalue weighted by Crippen LogP contribution is -2.26. The summed E-state index contributed by atoms with van der Waals surface area (Å²) in [5.74, 6) is 0. The highest BCUT2D eigenvalue weighted by atomic mass is 32.1. The molecule has 0 N–H and O–H groups in total. The second kappa shape index (κ2) is 12.3. The molecular weight excluding hydrogens is 743 g/mol. The quantitative estimate of drug-likeness (QED) is 0.172. The Morgan fingerprint density at radius 3 is 1.67 bits per heavy atom. The largest absolute Gasteiger partial charge is 0.310 e. The average molecular weight is 782 g/mol. The van der Waals surface area contributed by atoms with Gasteiger partial charge in [-0.15, -0.1) is 11.3 Å². The fourth-order valence-corrected chi connectivity index (χ4v) is 12.5. The first-order valence-corrected chi connectivity index (χ1v) is 21.8. The van der Waals surface area contributed by atoms with Gasteiger partial charge in [0.2, 0.25) is 0 Å². The summed E-state index contributed by atoms with van der Waals surface area (Å²) in [4.78, 5) is 2.56. The van der Waals surface area contributed by atoms with Gasteiger partial charge in [0.05, 0.1) is 11.1 Å². The molecule has 0 saturated carbocycles. The third-order valence-corrected chi connectivity index (χ3v) is 15.0. The first-order valence-electron chi connectivity index (χ1n) is 21.0. The normalized spacial score (nSPS) is 14.4. The van der Waals surface area contributed by atoms with Crippen molar-refractivity contribution in [3.63, 3.8) is 0 Å². The van der Waals surface area contributed by atoms with Gasteiger partial charge in [-0.1, -0.05) is 172 Å². The molecule has 3 aliphatic carbocycles. The van der Waals surface area contributed by atoms with E-state index in [4.69, 9.17) is 0 Å². The van der Waals surface area contributed by atoms with Crippen LogP contribution in [0.2, 0.25) is 0 Å². The van der Waals surface area contributed by atoms with Crippen LogP contribution in [0.4, 0.5) is 17.1 Å². The third-order valence-electron chi connectivity index (χ3n) is 13.9. The van der Waals surface area contributed by atoms with E-state index in [-0.39, 0.29) is 5.41 Å². The fraction of sp³-hybridized carbons (Fsp3) is 0.0690. The van der Waals surface area contributed by atoms with Crippen molar-refractivity contribution in [1.29, 1.82) is 0 Å². The summed E-state index contributed by atoms with van der Waals surface area (Å²) >= 11 is 1.88. The van der Waals surface area contributed by atoms with Crippen LogP contribution < -0.4 is 4.90 Å². The van der Waals surface area contributed by atoms with Crippen LogP contribution in [0.15, 0.2) is 200 Å². The van der Waals surface area contributed by atoms with Crippen LogP contribution in [0.3, 0.4) is 0 Å². The molecule has 0 radical (unpaired) electrons. The van der Waals surface area contributed by atoms with Gasteiger partial charge in [0.15, 0.2) is 0 Å². The zero-order valence-corrected chi connectivity index (χ0v) is 34.2. The van der Waals surface area contributed by atoms with Gasteiger partial charge in [0.1, 0.15) is 0 Å². The highest BCUT2D eigenvalue weighted by Gasteiger charge is 2.51. The Labute approximate surface area is 354 Å². The topological polar surface area (TPSA) is 3.24 Å². The zero-order valence-electron chi connectivity index (χ0n) is 33.4. The Kier molecular flexibility index (Phi) is 6.94. The summed E-state index contributed by atoms with van der Waals surface area (Å²) < 4.78 is 2.60. The SMILES string of the molecule is CC1(C)c2ccc(N(c3ccc4c(c3)C3(c5ccccc5-c5ccccc53)c3ccccc3-4)c3cccc4sc5ccccc5c34)cc2-c2c(-c3ccccc3)cccc21. The molecule has 1 nitrogen and oxygen atoms in total. The molecule has 13 rings (SSSR count). The molecule has 282 valence electrons. The molecule has 9 aromatic carbocycles. The van der Waals surface area contributed by atoms with Gasteiger partial charge < -0.3 is 4.90 Å². The van der Waals surface area contributed by atoms with Crippen LogP contribution in [-0.2, 0) is 10.8 Å². The summed E-state index contributed by atoms with van der Waals surface area (Å²) in [7, 11) is 0. The van der Waals surface area contributed by atoms with Crippen molar-refractivity contribution in [2.75, 3.05) is 4.90 Å². The van der Waals surface area contributed by atoms with Crippen molar-refractivity contribution in [3.8, 4) is 44.5 Å². The van der Waals surface area contributed by atoms with Gasteiger partial charge in [-0.3, -0.25) is 0 Å². The Morgan fingerprint density at radius 2 is 0.933 bits per heavy atom. The highest BCUT2D eigenvalue weighted by Crippen LogP contribution is 2.64. The summed E-state index contributed by atoms with van der Waals surface area (Å²) in [6.07, 6.45) is 0. The number of anilines is 3. The van der Waals surface area contributed by atoms with E-state index in [2.05, 4.69) is 219 Å². The second-order valence-electron chi connectivity index (χ2n) is 17.1. The standard InChI is InChI=1S/C58H39NS/c1-57(2)46-33-31-37(34-45(46)55-39(22-14-26-50(55)57)36-16-4-3-5-17-36)59(52-27-15-29-54-56(52)44-21-9-13-28-53(44)60-54)38-30-32-43-42-20-8-12-25-49(42)58(51(43)35-38)47-23-10-6-18-40(47)41-19-7-11-24-48(41)58/h3-35H,1-2H3. The van der Waals surface area contributed by atoms with Gasteiger partial charge in [0.25, 0.3) is 0 Å². The summed E-state index contributed by atoms with van der Waals surface area (Å²) in [6.45, 7) is 4.77. The smallest absolute Gasteiger partial charge is 0.0726 e. The summed E-state index contributed by atoms with van der Waals surface area (Å²) in [5, 5.41) is 2.58. The zero-order chi connectivity index (χ0) is 39.7. The van der Waals surface area contributed by atoms with Gasteiger partial charge in [0, 0.05) is 37.0 Å².